The summed E-state index contributed by atoms with van der Waals surface area (Å²) in [5, 5.41) is 0. The quantitative estimate of drug-likeness (QED) is 0.400. The molecule has 240 valence electrons. The summed E-state index contributed by atoms with van der Waals surface area (Å²) < 4.78 is 46.8. The molecule has 0 amide bonds. The molecule has 2 bridgehead atoms. The van der Waals surface area contributed by atoms with Gasteiger partial charge in [-0.15, -0.1) is 0 Å². The van der Waals surface area contributed by atoms with Crippen LogP contribution >= 0.6 is 0 Å². The molecule has 7 fully saturated rings. The molecule has 9 heteroatoms. The summed E-state index contributed by atoms with van der Waals surface area (Å²) in [6.07, 6.45) is 7.07. The maximum Gasteiger partial charge on any atom is 0.351 e. The first-order valence-electron chi connectivity index (χ1n) is 16.9. The van der Waals surface area contributed by atoms with E-state index in [2.05, 4.69) is 0 Å². The molecule has 7 aliphatic rings. The van der Waals surface area contributed by atoms with Crippen molar-refractivity contribution in [3.05, 3.63) is 35.9 Å². The summed E-state index contributed by atoms with van der Waals surface area (Å²) in [5.74, 6) is -2.32. The van der Waals surface area contributed by atoms with Gasteiger partial charge in [-0.05, 0) is 51.0 Å². The number of rotatable bonds is 5. The highest BCUT2D eigenvalue weighted by Crippen LogP contribution is 2.66. The van der Waals surface area contributed by atoms with Gasteiger partial charge >= 0.3 is 11.9 Å². The zero-order valence-corrected chi connectivity index (χ0v) is 26.2. The van der Waals surface area contributed by atoms with Crippen LogP contribution in [0.15, 0.2) is 30.3 Å². The molecule has 3 saturated heterocycles. The minimum atomic E-state index is -1.37. The van der Waals surface area contributed by atoms with Crippen LogP contribution in [0.25, 0.3) is 0 Å². The SMILES string of the molecule is CC1(C)[C@@]2(C)CC[C@]1(C(=O)O[C@@H]1[C@@H](OCc3ccccc3)[C@@H]3OC4(CCCCC4)O[C@H]3[C@@H]3OC4(CCCCC4)O[C@H]13)OC2=O. The van der Waals surface area contributed by atoms with E-state index in [4.69, 9.17) is 33.2 Å². The fraction of sp³-hybridized carbons (Fsp3) is 0.771. The van der Waals surface area contributed by atoms with E-state index < -0.39 is 70.6 Å². The highest BCUT2D eigenvalue weighted by atomic mass is 16.8. The van der Waals surface area contributed by atoms with Crippen molar-refractivity contribution in [3.63, 3.8) is 0 Å². The van der Waals surface area contributed by atoms with Crippen LogP contribution < -0.4 is 0 Å². The Kier molecular flexibility index (Phi) is 6.83. The fourth-order valence-corrected chi connectivity index (χ4v) is 9.37. The van der Waals surface area contributed by atoms with Crippen LogP contribution in [0.5, 0.6) is 0 Å². The van der Waals surface area contributed by atoms with Gasteiger partial charge in [0.05, 0.1) is 12.0 Å². The molecule has 3 aliphatic heterocycles. The summed E-state index contributed by atoms with van der Waals surface area (Å²) >= 11 is 0. The Hall–Kier alpha value is -2.04. The Morgan fingerprint density at radius 2 is 1.27 bits per heavy atom. The number of hydrogen-bond acceptors (Lipinski definition) is 9. The number of carbonyl (C=O) groups excluding carboxylic acids is 2. The van der Waals surface area contributed by atoms with Crippen molar-refractivity contribution >= 4 is 11.9 Å². The fourth-order valence-electron chi connectivity index (χ4n) is 9.37. The zero-order chi connectivity index (χ0) is 30.4. The van der Waals surface area contributed by atoms with Gasteiger partial charge in [0.15, 0.2) is 17.7 Å². The van der Waals surface area contributed by atoms with Crippen LogP contribution in [0.4, 0.5) is 0 Å². The van der Waals surface area contributed by atoms with E-state index in [1.807, 2.05) is 51.1 Å². The second kappa shape index (κ2) is 10.2. The van der Waals surface area contributed by atoms with Crippen molar-refractivity contribution in [2.45, 2.75) is 158 Å². The van der Waals surface area contributed by atoms with Crippen molar-refractivity contribution in [2.24, 2.45) is 10.8 Å². The third kappa shape index (κ3) is 4.15. The third-order valence-electron chi connectivity index (χ3n) is 12.5. The van der Waals surface area contributed by atoms with E-state index in [1.165, 1.54) is 0 Å². The molecule has 1 aromatic rings. The van der Waals surface area contributed by atoms with E-state index in [9.17, 15) is 9.59 Å². The Bertz CT molecular complexity index is 1280. The van der Waals surface area contributed by atoms with Gasteiger partial charge in [0.2, 0.25) is 5.60 Å². The van der Waals surface area contributed by atoms with Crippen molar-refractivity contribution in [1.82, 2.24) is 0 Å². The van der Waals surface area contributed by atoms with E-state index in [0.29, 0.717) is 19.4 Å². The Balaban J connectivity index is 1.17. The van der Waals surface area contributed by atoms with Crippen LogP contribution in [-0.2, 0) is 49.4 Å². The average molecular weight is 611 g/mol. The first kappa shape index (κ1) is 29.4. The van der Waals surface area contributed by atoms with E-state index in [1.54, 1.807) is 0 Å². The first-order valence-corrected chi connectivity index (χ1v) is 16.9. The molecule has 8 rings (SSSR count). The molecule has 1 aromatic carbocycles. The first-order chi connectivity index (χ1) is 21.1. The maximum absolute atomic E-state index is 14.4. The van der Waals surface area contributed by atoms with Gasteiger partial charge in [-0.2, -0.15) is 0 Å². The number of esters is 2. The minimum absolute atomic E-state index is 0.312. The Morgan fingerprint density at radius 1 is 0.727 bits per heavy atom. The molecule has 4 saturated carbocycles. The molecule has 2 spiro atoms. The smallest absolute Gasteiger partial charge is 0.351 e. The lowest BCUT2D eigenvalue weighted by molar-refractivity contribution is -0.236. The summed E-state index contributed by atoms with van der Waals surface area (Å²) in [6.45, 7) is 6.11. The predicted molar refractivity (Wildman–Crippen MR) is 156 cm³/mol. The normalized spacial score (nSPS) is 42.7. The van der Waals surface area contributed by atoms with E-state index in [0.717, 1.165) is 69.8 Å². The number of benzene rings is 1. The monoisotopic (exact) mass is 610 g/mol. The van der Waals surface area contributed by atoms with Crippen LogP contribution in [0, 0.1) is 10.8 Å². The number of ether oxygens (including phenoxy) is 7. The Morgan fingerprint density at radius 3 is 1.80 bits per heavy atom. The third-order valence-corrected chi connectivity index (χ3v) is 12.5. The van der Waals surface area contributed by atoms with E-state index >= 15 is 0 Å². The lowest BCUT2D eigenvalue weighted by Gasteiger charge is -2.44. The minimum Gasteiger partial charge on any atom is -0.454 e. The molecule has 0 aromatic heterocycles. The van der Waals surface area contributed by atoms with Crippen LogP contribution in [0.3, 0.4) is 0 Å². The van der Waals surface area contributed by atoms with Crippen molar-refractivity contribution in [1.29, 1.82) is 0 Å². The van der Waals surface area contributed by atoms with Crippen LogP contribution in [-0.4, -0.2) is 65.7 Å². The second-order valence-electron chi connectivity index (χ2n) is 15.1. The van der Waals surface area contributed by atoms with Gasteiger partial charge in [0.1, 0.15) is 30.5 Å². The molecular formula is C35H46O9. The molecule has 0 N–H and O–H groups in total. The topological polar surface area (TPSA) is 98.8 Å². The average Bonchev–Trinajstić information content (AvgIpc) is 3.67. The molecule has 3 heterocycles. The molecule has 9 nitrogen and oxygen atoms in total. The largest absolute Gasteiger partial charge is 0.454 e. The maximum atomic E-state index is 14.4. The van der Waals surface area contributed by atoms with Gasteiger partial charge in [0.25, 0.3) is 0 Å². The summed E-state index contributed by atoms with van der Waals surface area (Å²) in [4.78, 5) is 27.5. The van der Waals surface area contributed by atoms with Crippen molar-refractivity contribution in [2.75, 3.05) is 0 Å². The Labute approximate surface area is 259 Å². The second-order valence-corrected chi connectivity index (χ2v) is 15.1. The highest BCUT2D eigenvalue weighted by molar-refractivity contribution is 5.93. The van der Waals surface area contributed by atoms with Gasteiger partial charge in [0, 0.05) is 31.1 Å². The highest BCUT2D eigenvalue weighted by Gasteiger charge is 2.77. The molecule has 0 unspecified atom stereocenters. The molecule has 4 aliphatic carbocycles. The summed E-state index contributed by atoms with van der Waals surface area (Å²) in [6, 6.07) is 9.97. The molecule has 8 atom stereocenters. The van der Waals surface area contributed by atoms with Crippen molar-refractivity contribution < 1.29 is 42.7 Å². The number of hydrogen-bond donors (Lipinski definition) is 0. The van der Waals surface area contributed by atoms with Gasteiger partial charge in [-0.1, -0.05) is 57.0 Å². The predicted octanol–water partition coefficient (Wildman–Crippen LogP) is 5.51. The van der Waals surface area contributed by atoms with Crippen molar-refractivity contribution in [3.8, 4) is 0 Å². The van der Waals surface area contributed by atoms with Crippen LogP contribution in [0.2, 0.25) is 0 Å². The molecular weight excluding hydrogens is 564 g/mol. The number of carbonyl (C=O) groups is 2. The molecule has 0 radical (unpaired) electrons. The standard InChI is InChI=1S/C35H46O9/c1-31(2)32(3)19-20-35(31,44-29(32)36)30(37)39-24-23(38-21-22-13-7-4-8-14-22)25-27(42-33(40-25)15-9-5-10-16-33)28-26(24)41-34(43-28)17-11-6-12-18-34/h4,7-8,13-14,23-28H,5-6,9-12,15-21H2,1-3H3/t23-,24-,25+,26-,27-,28-,32+,35-/m1/s1. The van der Waals surface area contributed by atoms with Gasteiger partial charge < -0.3 is 33.2 Å². The summed E-state index contributed by atoms with van der Waals surface area (Å²) in [7, 11) is 0. The van der Waals surface area contributed by atoms with Gasteiger partial charge in [-0.3, -0.25) is 4.79 Å². The molecule has 44 heavy (non-hydrogen) atoms. The summed E-state index contributed by atoms with van der Waals surface area (Å²) in [5.41, 5.74) is -1.84. The van der Waals surface area contributed by atoms with Gasteiger partial charge in [-0.25, -0.2) is 4.79 Å². The lowest BCUT2D eigenvalue weighted by atomic mass is 9.66. The van der Waals surface area contributed by atoms with Crippen LogP contribution in [0.1, 0.15) is 103 Å². The zero-order valence-electron chi connectivity index (χ0n) is 26.2. The lowest BCUT2D eigenvalue weighted by Crippen LogP contribution is -2.64. The van der Waals surface area contributed by atoms with E-state index in [-0.39, 0.29) is 5.97 Å². The number of fused-ring (bicyclic) bond motifs is 5.